The lowest BCUT2D eigenvalue weighted by molar-refractivity contribution is -0.156. The highest BCUT2D eigenvalue weighted by Gasteiger charge is 2.37. The van der Waals surface area contributed by atoms with Crippen LogP contribution in [0.5, 0.6) is 0 Å². The molecule has 0 aliphatic heterocycles. The predicted octanol–water partition coefficient (Wildman–Crippen LogP) is 3.40. The lowest BCUT2D eigenvalue weighted by atomic mass is 10.2. The fourth-order valence-electron chi connectivity index (χ4n) is 1.87. The highest BCUT2D eigenvalue weighted by Crippen LogP contribution is 2.36. The SMILES string of the molecule is COCCN(CCO[Si](C)(C)C(C)(C)C)C(=O)NC(C)C(=O)OC(C)(C)C. The molecule has 0 radical (unpaired) electrons. The summed E-state index contributed by atoms with van der Waals surface area (Å²) in [4.78, 5) is 26.3. The van der Waals surface area contributed by atoms with E-state index in [1.807, 2.05) is 0 Å². The van der Waals surface area contributed by atoms with Crippen LogP contribution in [0.15, 0.2) is 0 Å². The van der Waals surface area contributed by atoms with Gasteiger partial charge in [-0.05, 0) is 45.8 Å². The van der Waals surface area contributed by atoms with Crippen LogP contribution in [-0.4, -0.2) is 70.3 Å². The molecule has 0 aliphatic carbocycles. The molecule has 8 heteroatoms. The maximum absolute atomic E-state index is 12.6. The standard InChI is InChI=1S/C19H40N2O5Si/c1-15(16(22)26-18(2,3)4)20-17(23)21(11-13-24-8)12-14-25-27(9,10)19(5,6)7/h15H,11-14H2,1-10H3,(H,20,23). The van der Waals surface area contributed by atoms with Crippen molar-refractivity contribution in [3.05, 3.63) is 0 Å². The van der Waals surface area contributed by atoms with E-state index in [9.17, 15) is 9.59 Å². The number of carbonyl (C=O) groups excluding carboxylic acids is 2. The molecule has 7 nitrogen and oxygen atoms in total. The molecule has 0 fully saturated rings. The van der Waals surface area contributed by atoms with Gasteiger partial charge in [0.15, 0.2) is 8.32 Å². The molecule has 0 aliphatic rings. The van der Waals surface area contributed by atoms with Crippen molar-refractivity contribution >= 4 is 20.3 Å². The molecule has 0 saturated heterocycles. The molecule has 0 rings (SSSR count). The Bertz CT molecular complexity index is 483. The van der Waals surface area contributed by atoms with Gasteiger partial charge in [-0.25, -0.2) is 9.59 Å². The van der Waals surface area contributed by atoms with Gasteiger partial charge in [-0.2, -0.15) is 0 Å². The van der Waals surface area contributed by atoms with Gasteiger partial charge in [-0.3, -0.25) is 0 Å². The lowest BCUT2D eigenvalue weighted by Crippen LogP contribution is -2.50. The first-order valence-electron chi connectivity index (χ1n) is 9.52. The van der Waals surface area contributed by atoms with E-state index in [1.54, 1.807) is 39.7 Å². The van der Waals surface area contributed by atoms with Crippen molar-refractivity contribution in [2.24, 2.45) is 0 Å². The van der Waals surface area contributed by atoms with Crippen LogP contribution in [0.4, 0.5) is 4.79 Å². The number of hydrogen-bond donors (Lipinski definition) is 1. The van der Waals surface area contributed by atoms with Crippen molar-refractivity contribution in [3.8, 4) is 0 Å². The summed E-state index contributed by atoms with van der Waals surface area (Å²) in [6.45, 7) is 19.6. The number of amides is 2. The van der Waals surface area contributed by atoms with Gasteiger partial charge in [-0.15, -0.1) is 0 Å². The van der Waals surface area contributed by atoms with Crippen molar-refractivity contribution in [1.82, 2.24) is 10.2 Å². The second-order valence-corrected chi connectivity index (χ2v) is 14.1. The van der Waals surface area contributed by atoms with E-state index in [0.717, 1.165) is 0 Å². The second-order valence-electron chi connectivity index (χ2n) is 9.29. The normalized spacial score (nSPS) is 13.9. The van der Waals surface area contributed by atoms with Crippen LogP contribution in [0.2, 0.25) is 18.1 Å². The van der Waals surface area contributed by atoms with Crippen molar-refractivity contribution in [2.45, 2.75) is 78.2 Å². The van der Waals surface area contributed by atoms with Crippen molar-refractivity contribution in [2.75, 3.05) is 33.4 Å². The minimum Gasteiger partial charge on any atom is -0.458 e. The summed E-state index contributed by atoms with van der Waals surface area (Å²) in [5, 5.41) is 2.81. The first kappa shape index (κ1) is 25.9. The number of nitrogens with zero attached hydrogens (tertiary/aromatic N) is 1. The van der Waals surface area contributed by atoms with Crippen LogP contribution in [0.25, 0.3) is 0 Å². The average molecular weight is 405 g/mol. The molecule has 1 N–H and O–H groups in total. The van der Waals surface area contributed by atoms with E-state index in [1.165, 1.54) is 0 Å². The highest BCUT2D eigenvalue weighted by molar-refractivity contribution is 6.74. The van der Waals surface area contributed by atoms with E-state index >= 15 is 0 Å². The molecular weight excluding hydrogens is 364 g/mol. The second kappa shape index (κ2) is 10.4. The fraction of sp³-hybridized carbons (Fsp3) is 0.895. The van der Waals surface area contributed by atoms with Crippen LogP contribution >= 0.6 is 0 Å². The summed E-state index contributed by atoms with van der Waals surface area (Å²) in [6, 6.07) is -1.06. The van der Waals surface area contributed by atoms with Gasteiger partial charge in [0.1, 0.15) is 11.6 Å². The van der Waals surface area contributed by atoms with Crippen molar-refractivity contribution < 1.29 is 23.5 Å². The number of ether oxygens (including phenoxy) is 2. The Labute approximate surface area is 166 Å². The molecule has 0 heterocycles. The largest absolute Gasteiger partial charge is 0.458 e. The highest BCUT2D eigenvalue weighted by atomic mass is 28.4. The minimum atomic E-state index is -1.88. The quantitative estimate of drug-likeness (QED) is 0.471. The third-order valence-electron chi connectivity index (χ3n) is 4.58. The summed E-state index contributed by atoms with van der Waals surface area (Å²) in [7, 11) is -0.289. The summed E-state index contributed by atoms with van der Waals surface area (Å²) < 4.78 is 16.6. The van der Waals surface area contributed by atoms with E-state index in [-0.39, 0.29) is 11.1 Å². The molecule has 27 heavy (non-hydrogen) atoms. The van der Waals surface area contributed by atoms with Gasteiger partial charge in [-0.1, -0.05) is 20.8 Å². The van der Waals surface area contributed by atoms with Gasteiger partial charge in [0.25, 0.3) is 0 Å². The first-order valence-corrected chi connectivity index (χ1v) is 12.4. The Balaban J connectivity index is 4.79. The molecule has 1 unspecified atom stereocenters. The average Bonchev–Trinajstić information content (AvgIpc) is 2.47. The summed E-state index contributed by atoms with van der Waals surface area (Å²) in [5.74, 6) is -0.458. The number of nitrogens with one attached hydrogen (secondary N) is 1. The molecule has 0 spiro atoms. The van der Waals surface area contributed by atoms with Crippen molar-refractivity contribution in [1.29, 1.82) is 0 Å². The fourth-order valence-corrected chi connectivity index (χ4v) is 2.90. The molecule has 0 bridgehead atoms. The monoisotopic (exact) mass is 404 g/mol. The molecule has 0 aromatic heterocycles. The third kappa shape index (κ3) is 10.1. The van der Waals surface area contributed by atoms with Gasteiger partial charge in [0, 0.05) is 20.2 Å². The van der Waals surface area contributed by atoms with E-state index in [2.05, 4.69) is 39.2 Å². The molecule has 0 saturated carbocycles. The zero-order valence-electron chi connectivity index (χ0n) is 18.9. The van der Waals surface area contributed by atoms with Crippen LogP contribution in [-0.2, 0) is 18.7 Å². The number of methoxy groups -OCH3 is 1. The Morgan fingerprint density at radius 3 is 2.00 bits per heavy atom. The molecule has 0 aromatic carbocycles. The molecule has 160 valence electrons. The Morgan fingerprint density at radius 1 is 1.04 bits per heavy atom. The number of rotatable bonds is 9. The van der Waals surface area contributed by atoms with Gasteiger partial charge in [0.2, 0.25) is 0 Å². The maximum atomic E-state index is 12.6. The summed E-state index contributed by atoms with van der Waals surface area (Å²) in [5.41, 5.74) is -0.594. The minimum absolute atomic E-state index is 0.109. The van der Waals surface area contributed by atoms with Gasteiger partial charge < -0.3 is 24.1 Å². The third-order valence-corrected chi connectivity index (χ3v) is 9.12. The Hall–Kier alpha value is -1.12. The molecule has 2 amide bonds. The summed E-state index contributed by atoms with van der Waals surface area (Å²) >= 11 is 0. The molecule has 0 aromatic rings. The summed E-state index contributed by atoms with van der Waals surface area (Å²) in [6.07, 6.45) is 0. The lowest BCUT2D eigenvalue weighted by Gasteiger charge is -2.37. The van der Waals surface area contributed by atoms with Crippen LogP contribution in [0.3, 0.4) is 0 Å². The van der Waals surface area contributed by atoms with Crippen molar-refractivity contribution in [3.63, 3.8) is 0 Å². The van der Waals surface area contributed by atoms with Crippen LogP contribution in [0, 0.1) is 0 Å². The number of hydrogen-bond acceptors (Lipinski definition) is 5. The van der Waals surface area contributed by atoms with Gasteiger partial charge >= 0.3 is 12.0 Å². The maximum Gasteiger partial charge on any atom is 0.328 e. The number of urea groups is 1. The predicted molar refractivity (Wildman–Crippen MR) is 110 cm³/mol. The topological polar surface area (TPSA) is 77.1 Å². The first-order chi connectivity index (χ1) is 12.1. The Morgan fingerprint density at radius 2 is 1.56 bits per heavy atom. The zero-order chi connectivity index (χ0) is 21.5. The van der Waals surface area contributed by atoms with E-state index in [4.69, 9.17) is 13.9 Å². The zero-order valence-corrected chi connectivity index (χ0v) is 19.9. The van der Waals surface area contributed by atoms with E-state index < -0.39 is 25.9 Å². The van der Waals surface area contributed by atoms with E-state index in [0.29, 0.717) is 26.3 Å². The van der Waals surface area contributed by atoms with Crippen LogP contribution < -0.4 is 5.32 Å². The Kier molecular flexibility index (Phi) is 10.00. The van der Waals surface area contributed by atoms with Crippen LogP contribution in [0.1, 0.15) is 48.5 Å². The smallest absolute Gasteiger partial charge is 0.328 e. The molecule has 1 atom stereocenters. The molecular formula is C19H40N2O5Si. The van der Waals surface area contributed by atoms with Gasteiger partial charge in [0.05, 0.1) is 13.2 Å². The number of carbonyl (C=O) groups is 2. The number of esters is 1.